The molecule has 0 aliphatic rings. The zero-order valence-electron chi connectivity index (χ0n) is 11.6. The third-order valence-corrected chi connectivity index (χ3v) is 3.51. The Hall–Kier alpha value is -1.28. The van der Waals surface area contributed by atoms with E-state index in [9.17, 15) is 0 Å². The van der Waals surface area contributed by atoms with Gasteiger partial charge in [-0.15, -0.1) is 0 Å². The van der Waals surface area contributed by atoms with E-state index < -0.39 is 0 Å². The fourth-order valence-corrected chi connectivity index (χ4v) is 2.44. The van der Waals surface area contributed by atoms with Gasteiger partial charge in [-0.2, -0.15) is 0 Å². The topological polar surface area (TPSA) is 25.2 Å². The molecule has 1 atom stereocenters. The molecule has 18 heavy (non-hydrogen) atoms. The van der Waals surface area contributed by atoms with Crippen molar-refractivity contribution in [2.75, 3.05) is 7.05 Å². The molecule has 1 unspecified atom stereocenters. The van der Waals surface area contributed by atoms with Crippen molar-refractivity contribution in [2.45, 2.75) is 45.6 Å². The van der Waals surface area contributed by atoms with Crippen LogP contribution >= 0.6 is 0 Å². The van der Waals surface area contributed by atoms with Gasteiger partial charge in [-0.3, -0.25) is 0 Å². The Kier molecular flexibility index (Phi) is 4.43. The molecule has 0 saturated carbocycles. The summed E-state index contributed by atoms with van der Waals surface area (Å²) < 4.78 is 5.87. The molecule has 98 valence electrons. The Morgan fingerprint density at radius 2 is 2.06 bits per heavy atom. The highest BCUT2D eigenvalue weighted by Gasteiger charge is 2.08. The van der Waals surface area contributed by atoms with Gasteiger partial charge in [-0.25, -0.2) is 0 Å². The molecular weight excluding hydrogens is 222 g/mol. The summed E-state index contributed by atoms with van der Waals surface area (Å²) >= 11 is 0. The van der Waals surface area contributed by atoms with Crippen LogP contribution in [-0.4, -0.2) is 13.1 Å². The maximum Gasteiger partial charge on any atom is 0.134 e. The van der Waals surface area contributed by atoms with E-state index in [0.29, 0.717) is 6.04 Å². The number of rotatable bonds is 6. The lowest BCUT2D eigenvalue weighted by Crippen LogP contribution is -2.25. The third-order valence-electron chi connectivity index (χ3n) is 3.51. The number of furan rings is 1. The van der Waals surface area contributed by atoms with Crippen LogP contribution in [0.1, 0.15) is 37.5 Å². The smallest absolute Gasteiger partial charge is 0.134 e. The molecular formula is C16H23NO. The maximum absolute atomic E-state index is 5.87. The van der Waals surface area contributed by atoms with E-state index in [1.165, 1.54) is 23.8 Å². The van der Waals surface area contributed by atoms with Crippen LogP contribution in [0.2, 0.25) is 0 Å². The van der Waals surface area contributed by atoms with E-state index in [1.54, 1.807) is 0 Å². The second-order valence-electron chi connectivity index (χ2n) is 5.07. The van der Waals surface area contributed by atoms with Gasteiger partial charge in [0.05, 0.1) is 0 Å². The largest absolute Gasteiger partial charge is 0.461 e. The molecule has 0 amide bonds. The fourth-order valence-electron chi connectivity index (χ4n) is 2.44. The van der Waals surface area contributed by atoms with Crippen molar-refractivity contribution in [1.29, 1.82) is 0 Å². The van der Waals surface area contributed by atoms with E-state index in [-0.39, 0.29) is 0 Å². The summed E-state index contributed by atoms with van der Waals surface area (Å²) in [5, 5.41) is 4.60. The lowest BCUT2D eigenvalue weighted by Gasteiger charge is -2.13. The Bertz CT molecular complexity index is 501. The fraction of sp³-hybridized carbons (Fsp3) is 0.500. The van der Waals surface area contributed by atoms with Gasteiger partial charge >= 0.3 is 0 Å². The van der Waals surface area contributed by atoms with Crippen LogP contribution in [0.15, 0.2) is 28.7 Å². The SMILES string of the molecule is CCCC(CCc1cc2cc(C)ccc2o1)NC. The Morgan fingerprint density at radius 3 is 2.78 bits per heavy atom. The minimum Gasteiger partial charge on any atom is -0.461 e. The first-order valence-corrected chi connectivity index (χ1v) is 6.89. The highest BCUT2D eigenvalue weighted by atomic mass is 16.3. The van der Waals surface area contributed by atoms with Gasteiger partial charge in [-0.1, -0.05) is 25.0 Å². The molecule has 0 bridgehead atoms. The second kappa shape index (κ2) is 6.05. The van der Waals surface area contributed by atoms with Crippen molar-refractivity contribution in [3.8, 4) is 0 Å². The molecule has 2 rings (SSSR count). The molecule has 1 heterocycles. The van der Waals surface area contributed by atoms with Gasteiger partial charge < -0.3 is 9.73 Å². The van der Waals surface area contributed by atoms with Crippen LogP contribution in [-0.2, 0) is 6.42 Å². The van der Waals surface area contributed by atoms with Crippen molar-refractivity contribution >= 4 is 11.0 Å². The van der Waals surface area contributed by atoms with Gasteiger partial charge in [0, 0.05) is 17.8 Å². The first-order chi connectivity index (χ1) is 8.72. The monoisotopic (exact) mass is 245 g/mol. The lowest BCUT2D eigenvalue weighted by atomic mass is 10.1. The molecule has 0 radical (unpaired) electrons. The van der Waals surface area contributed by atoms with Crippen LogP contribution < -0.4 is 5.32 Å². The van der Waals surface area contributed by atoms with Gasteiger partial charge in [0.15, 0.2) is 0 Å². The average Bonchev–Trinajstić information content (AvgIpc) is 2.76. The summed E-state index contributed by atoms with van der Waals surface area (Å²) in [6, 6.07) is 9.13. The van der Waals surface area contributed by atoms with E-state index in [0.717, 1.165) is 24.2 Å². The Labute approximate surface area is 109 Å². The van der Waals surface area contributed by atoms with Crippen molar-refractivity contribution in [2.24, 2.45) is 0 Å². The summed E-state index contributed by atoms with van der Waals surface area (Å²) in [6.45, 7) is 4.35. The molecule has 0 spiro atoms. The first-order valence-electron chi connectivity index (χ1n) is 6.89. The van der Waals surface area contributed by atoms with E-state index in [4.69, 9.17) is 4.42 Å². The first kappa shape index (κ1) is 13.2. The normalized spacial score (nSPS) is 13.1. The van der Waals surface area contributed by atoms with Crippen molar-refractivity contribution in [3.63, 3.8) is 0 Å². The summed E-state index contributed by atoms with van der Waals surface area (Å²) in [5.74, 6) is 1.10. The van der Waals surface area contributed by atoms with Crippen LogP contribution in [0.3, 0.4) is 0 Å². The number of fused-ring (bicyclic) bond motifs is 1. The van der Waals surface area contributed by atoms with E-state index in [2.05, 4.69) is 43.4 Å². The van der Waals surface area contributed by atoms with Crippen LogP contribution in [0, 0.1) is 6.92 Å². The molecule has 2 aromatic rings. The number of hydrogen-bond acceptors (Lipinski definition) is 2. The summed E-state index contributed by atoms with van der Waals surface area (Å²) in [6.07, 6.45) is 4.61. The Morgan fingerprint density at radius 1 is 1.22 bits per heavy atom. The van der Waals surface area contributed by atoms with Crippen molar-refractivity contribution < 1.29 is 4.42 Å². The summed E-state index contributed by atoms with van der Waals surface area (Å²) in [4.78, 5) is 0. The minimum absolute atomic E-state index is 0.602. The van der Waals surface area contributed by atoms with Crippen LogP contribution in [0.25, 0.3) is 11.0 Å². The zero-order valence-corrected chi connectivity index (χ0v) is 11.6. The zero-order chi connectivity index (χ0) is 13.0. The number of hydrogen-bond donors (Lipinski definition) is 1. The standard InChI is InChI=1S/C16H23NO/c1-4-5-14(17-3)7-8-15-11-13-10-12(2)6-9-16(13)18-15/h6,9-11,14,17H,4-5,7-8H2,1-3H3. The minimum atomic E-state index is 0.602. The number of aryl methyl sites for hydroxylation is 2. The van der Waals surface area contributed by atoms with Crippen LogP contribution in [0.4, 0.5) is 0 Å². The molecule has 2 heteroatoms. The van der Waals surface area contributed by atoms with E-state index in [1.807, 2.05) is 7.05 Å². The van der Waals surface area contributed by atoms with Gasteiger partial charge in [0.2, 0.25) is 0 Å². The van der Waals surface area contributed by atoms with Crippen molar-refractivity contribution in [1.82, 2.24) is 5.32 Å². The highest BCUT2D eigenvalue weighted by molar-refractivity contribution is 5.78. The molecule has 1 aromatic carbocycles. The number of benzene rings is 1. The molecule has 1 N–H and O–H groups in total. The molecule has 0 aliphatic carbocycles. The van der Waals surface area contributed by atoms with Crippen LogP contribution in [0.5, 0.6) is 0 Å². The van der Waals surface area contributed by atoms with Gasteiger partial charge in [-0.05, 0) is 45.0 Å². The molecule has 2 nitrogen and oxygen atoms in total. The quantitative estimate of drug-likeness (QED) is 0.830. The molecule has 0 aliphatic heterocycles. The van der Waals surface area contributed by atoms with Crippen molar-refractivity contribution in [3.05, 3.63) is 35.6 Å². The van der Waals surface area contributed by atoms with Gasteiger partial charge in [0.25, 0.3) is 0 Å². The Balaban J connectivity index is 2.03. The second-order valence-corrected chi connectivity index (χ2v) is 5.07. The maximum atomic E-state index is 5.87. The third kappa shape index (κ3) is 3.14. The summed E-state index contributed by atoms with van der Waals surface area (Å²) in [5.41, 5.74) is 2.29. The molecule has 0 saturated heterocycles. The average molecular weight is 245 g/mol. The number of nitrogens with one attached hydrogen (secondary N) is 1. The van der Waals surface area contributed by atoms with Gasteiger partial charge in [0.1, 0.15) is 11.3 Å². The summed E-state index contributed by atoms with van der Waals surface area (Å²) in [7, 11) is 2.04. The predicted octanol–water partition coefficient (Wildman–Crippen LogP) is 4.06. The molecule has 0 fully saturated rings. The van der Waals surface area contributed by atoms with E-state index >= 15 is 0 Å². The highest BCUT2D eigenvalue weighted by Crippen LogP contribution is 2.22. The molecule has 1 aromatic heterocycles. The predicted molar refractivity (Wildman–Crippen MR) is 77.0 cm³/mol. The lowest BCUT2D eigenvalue weighted by molar-refractivity contribution is 0.454.